The molecule has 0 amide bonds. The number of carboxylic acid groups (broad SMARTS) is 1. The van der Waals surface area contributed by atoms with Crippen LogP contribution in [0.1, 0.15) is 28.7 Å². The van der Waals surface area contributed by atoms with Gasteiger partial charge in [-0.2, -0.15) is 15.5 Å². The monoisotopic (exact) mass is 281 g/mol. The number of fused-ring (bicyclic) bond motifs is 1. The van der Waals surface area contributed by atoms with Crippen LogP contribution in [0.2, 0.25) is 0 Å². The van der Waals surface area contributed by atoms with E-state index in [1.165, 1.54) is 10.9 Å². The zero-order valence-corrected chi connectivity index (χ0v) is 11.2. The minimum atomic E-state index is -1.000. The Labute approximate surface area is 119 Å². The fourth-order valence-corrected chi connectivity index (χ4v) is 2.21. The van der Waals surface area contributed by atoms with Crippen LogP contribution in [0.5, 0.6) is 0 Å². The summed E-state index contributed by atoms with van der Waals surface area (Å²) in [7, 11) is 0. The third kappa shape index (κ3) is 2.03. The Hall–Kier alpha value is -3.14. The number of aromatic amines is 1. The Morgan fingerprint density at radius 2 is 2.33 bits per heavy atom. The standard InChI is InChI=1S/C14H11N5O2/c1-2-11-10(14(20)21)7-19(18-11)8-3-4-12-9(5-8)13(6-15)17-16-12/h3-5,7H,2H2,1H3,(H,16,17)(H,20,21). The van der Waals surface area contributed by atoms with E-state index in [0.717, 1.165) is 5.52 Å². The minimum Gasteiger partial charge on any atom is -0.478 e. The molecule has 2 heterocycles. The van der Waals surface area contributed by atoms with E-state index in [-0.39, 0.29) is 5.56 Å². The molecular formula is C14H11N5O2. The number of benzene rings is 1. The predicted molar refractivity (Wildman–Crippen MR) is 74.3 cm³/mol. The normalized spacial score (nSPS) is 10.7. The maximum Gasteiger partial charge on any atom is 0.339 e. The molecule has 0 spiro atoms. The molecule has 2 aromatic heterocycles. The van der Waals surface area contributed by atoms with Crippen molar-refractivity contribution in [3.05, 3.63) is 41.3 Å². The molecule has 0 saturated carbocycles. The minimum absolute atomic E-state index is 0.185. The molecule has 0 atom stereocenters. The van der Waals surface area contributed by atoms with E-state index >= 15 is 0 Å². The Bertz CT molecular complexity index is 885. The Kier molecular flexibility index (Phi) is 2.92. The first-order chi connectivity index (χ1) is 10.1. The average molecular weight is 281 g/mol. The smallest absolute Gasteiger partial charge is 0.339 e. The summed E-state index contributed by atoms with van der Waals surface area (Å²) in [6, 6.07) is 7.34. The number of H-pyrrole nitrogens is 1. The summed E-state index contributed by atoms with van der Waals surface area (Å²) in [5, 5.41) is 29.8. The summed E-state index contributed by atoms with van der Waals surface area (Å²) in [5.41, 5.74) is 2.44. The zero-order valence-electron chi connectivity index (χ0n) is 11.2. The van der Waals surface area contributed by atoms with Crippen LogP contribution >= 0.6 is 0 Å². The van der Waals surface area contributed by atoms with Gasteiger partial charge in [0, 0.05) is 11.6 Å². The highest BCUT2D eigenvalue weighted by molar-refractivity contribution is 5.89. The molecule has 1 aromatic carbocycles. The van der Waals surface area contributed by atoms with Gasteiger partial charge in [0.1, 0.15) is 11.6 Å². The summed E-state index contributed by atoms with van der Waals surface area (Å²) in [6.45, 7) is 1.85. The summed E-state index contributed by atoms with van der Waals surface area (Å²) in [6.07, 6.45) is 2.01. The first-order valence-corrected chi connectivity index (χ1v) is 6.34. The molecule has 0 fully saturated rings. The van der Waals surface area contributed by atoms with Crippen LogP contribution in [-0.4, -0.2) is 31.1 Å². The number of aryl methyl sites for hydroxylation is 1. The molecule has 0 radical (unpaired) electrons. The van der Waals surface area contributed by atoms with Crippen LogP contribution in [0.4, 0.5) is 0 Å². The van der Waals surface area contributed by atoms with Gasteiger partial charge in [-0.15, -0.1) is 0 Å². The van der Waals surface area contributed by atoms with E-state index in [1.807, 2.05) is 13.0 Å². The van der Waals surface area contributed by atoms with Gasteiger partial charge in [-0.3, -0.25) is 5.10 Å². The molecular weight excluding hydrogens is 270 g/mol. The summed E-state index contributed by atoms with van der Waals surface area (Å²) in [5.74, 6) is -1.000. The third-order valence-electron chi connectivity index (χ3n) is 3.27. The molecule has 104 valence electrons. The number of carboxylic acids is 1. The molecule has 0 aliphatic rings. The molecule has 3 aromatic rings. The molecule has 2 N–H and O–H groups in total. The first kappa shape index (κ1) is 12.9. The quantitative estimate of drug-likeness (QED) is 0.762. The highest BCUT2D eigenvalue weighted by atomic mass is 16.4. The van der Waals surface area contributed by atoms with E-state index in [2.05, 4.69) is 15.3 Å². The van der Waals surface area contributed by atoms with Gasteiger partial charge in [0.15, 0.2) is 5.69 Å². The van der Waals surface area contributed by atoms with Crippen molar-refractivity contribution in [2.45, 2.75) is 13.3 Å². The SMILES string of the molecule is CCc1nn(-c2ccc3[nH]nc(C#N)c3c2)cc1C(=O)O. The number of hydrogen-bond acceptors (Lipinski definition) is 4. The van der Waals surface area contributed by atoms with Gasteiger partial charge in [-0.05, 0) is 24.6 Å². The fraction of sp³-hybridized carbons (Fsp3) is 0.143. The van der Waals surface area contributed by atoms with Crippen molar-refractivity contribution in [3.63, 3.8) is 0 Å². The second kappa shape index (κ2) is 4.76. The van der Waals surface area contributed by atoms with Gasteiger partial charge in [-0.1, -0.05) is 6.92 Å². The van der Waals surface area contributed by atoms with Gasteiger partial charge in [-0.25, -0.2) is 9.48 Å². The summed E-state index contributed by atoms with van der Waals surface area (Å²) in [4.78, 5) is 11.2. The van der Waals surface area contributed by atoms with Gasteiger partial charge < -0.3 is 5.11 Å². The number of hydrogen-bond donors (Lipinski definition) is 2. The predicted octanol–water partition coefficient (Wildman–Crippen LogP) is 1.88. The first-order valence-electron chi connectivity index (χ1n) is 6.34. The van der Waals surface area contributed by atoms with Crippen LogP contribution in [-0.2, 0) is 6.42 Å². The third-order valence-corrected chi connectivity index (χ3v) is 3.27. The van der Waals surface area contributed by atoms with Crippen molar-refractivity contribution in [1.29, 1.82) is 5.26 Å². The molecule has 7 nitrogen and oxygen atoms in total. The average Bonchev–Trinajstić information content (AvgIpc) is 3.10. The van der Waals surface area contributed by atoms with Gasteiger partial charge >= 0.3 is 5.97 Å². The lowest BCUT2D eigenvalue weighted by atomic mass is 10.2. The van der Waals surface area contributed by atoms with Crippen LogP contribution in [0, 0.1) is 11.3 Å². The van der Waals surface area contributed by atoms with Gasteiger partial charge in [0.25, 0.3) is 0 Å². The van der Waals surface area contributed by atoms with Crippen molar-refractivity contribution in [1.82, 2.24) is 20.0 Å². The van der Waals surface area contributed by atoms with E-state index < -0.39 is 5.97 Å². The molecule has 0 saturated heterocycles. The van der Waals surface area contributed by atoms with E-state index in [9.17, 15) is 4.79 Å². The lowest BCUT2D eigenvalue weighted by Gasteiger charge is -2.01. The highest BCUT2D eigenvalue weighted by Gasteiger charge is 2.15. The molecule has 0 unspecified atom stereocenters. The molecule has 0 bridgehead atoms. The zero-order chi connectivity index (χ0) is 15.0. The molecule has 0 aliphatic carbocycles. The number of nitrogens with one attached hydrogen (secondary N) is 1. The summed E-state index contributed by atoms with van der Waals surface area (Å²) < 4.78 is 1.51. The van der Waals surface area contributed by atoms with Gasteiger partial charge in [0.2, 0.25) is 0 Å². The van der Waals surface area contributed by atoms with E-state index in [1.54, 1.807) is 18.2 Å². The number of nitrogens with zero attached hydrogens (tertiary/aromatic N) is 4. The largest absolute Gasteiger partial charge is 0.478 e. The number of rotatable bonds is 3. The Morgan fingerprint density at radius 1 is 1.52 bits per heavy atom. The number of nitriles is 1. The molecule has 7 heteroatoms. The van der Waals surface area contributed by atoms with Crippen molar-refractivity contribution < 1.29 is 9.90 Å². The van der Waals surface area contributed by atoms with Crippen LogP contribution in [0.25, 0.3) is 16.6 Å². The van der Waals surface area contributed by atoms with Gasteiger partial charge in [0.05, 0.1) is 16.9 Å². The highest BCUT2D eigenvalue weighted by Crippen LogP contribution is 2.20. The van der Waals surface area contributed by atoms with Crippen molar-refractivity contribution in [2.24, 2.45) is 0 Å². The number of carbonyl (C=O) groups is 1. The van der Waals surface area contributed by atoms with Crippen molar-refractivity contribution in [2.75, 3.05) is 0 Å². The molecule has 0 aliphatic heterocycles. The van der Waals surface area contributed by atoms with E-state index in [4.69, 9.17) is 10.4 Å². The maximum atomic E-state index is 11.2. The molecule has 3 rings (SSSR count). The molecule has 21 heavy (non-hydrogen) atoms. The second-order valence-electron chi connectivity index (χ2n) is 4.51. The van der Waals surface area contributed by atoms with Crippen molar-refractivity contribution in [3.8, 4) is 11.8 Å². The fourth-order valence-electron chi connectivity index (χ4n) is 2.21. The Balaban J connectivity index is 2.16. The number of aromatic nitrogens is 4. The van der Waals surface area contributed by atoms with E-state index in [0.29, 0.717) is 28.9 Å². The second-order valence-corrected chi connectivity index (χ2v) is 4.51. The Morgan fingerprint density at radius 3 is 2.95 bits per heavy atom. The number of aromatic carboxylic acids is 1. The lowest BCUT2D eigenvalue weighted by molar-refractivity contribution is 0.0695. The van der Waals surface area contributed by atoms with Crippen LogP contribution < -0.4 is 0 Å². The van der Waals surface area contributed by atoms with Crippen molar-refractivity contribution >= 4 is 16.9 Å². The summed E-state index contributed by atoms with van der Waals surface area (Å²) >= 11 is 0. The lowest BCUT2D eigenvalue weighted by Crippen LogP contribution is -1.98. The van der Waals surface area contributed by atoms with Crippen LogP contribution in [0.3, 0.4) is 0 Å². The maximum absolute atomic E-state index is 11.2. The topological polar surface area (TPSA) is 108 Å². The van der Waals surface area contributed by atoms with Crippen LogP contribution in [0.15, 0.2) is 24.4 Å².